The van der Waals surface area contributed by atoms with Crippen LogP contribution in [-0.2, 0) is 5.41 Å². The van der Waals surface area contributed by atoms with Crippen molar-refractivity contribution in [3.8, 4) is 0 Å². The lowest BCUT2D eigenvalue weighted by atomic mass is 9.68. The van der Waals surface area contributed by atoms with Gasteiger partial charge in [-0.3, -0.25) is 10.1 Å². The zero-order valence-electron chi connectivity index (χ0n) is 13.2. The Kier molecular flexibility index (Phi) is 3.13. The summed E-state index contributed by atoms with van der Waals surface area (Å²) < 4.78 is 0. The number of benzene rings is 3. The second-order valence-electron chi connectivity index (χ2n) is 6.15. The van der Waals surface area contributed by atoms with Gasteiger partial charge in [0.1, 0.15) is 0 Å². The molecule has 0 radical (unpaired) electrons. The molecule has 4 nitrogen and oxygen atoms in total. The van der Waals surface area contributed by atoms with E-state index in [1.54, 1.807) is 12.1 Å². The van der Waals surface area contributed by atoms with Crippen LogP contribution in [0.2, 0.25) is 0 Å². The molecular formula is C20H16N2O2. The van der Waals surface area contributed by atoms with Crippen molar-refractivity contribution in [3.05, 3.63) is 99.6 Å². The van der Waals surface area contributed by atoms with Crippen molar-refractivity contribution in [2.75, 3.05) is 5.32 Å². The zero-order valence-corrected chi connectivity index (χ0v) is 13.2. The van der Waals surface area contributed by atoms with Crippen molar-refractivity contribution >= 4 is 17.1 Å². The third-order valence-electron chi connectivity index (χ3n) is 4.86. The molecule has 0 aliphatic carbocycles. The van der Waals surface area contributed by atoms with Gasteiger partial charge in [0.2, 0.25) is 0 Å². The molecule has 0 atom stereocenters. The number of para-hydroxylation sites is 2. The molecule has 4 heteroatoms. The van der Waals surface area contributed by atoms with Gasteiger partial charge in [-0.1, -0.05) is 48.5 Å². The fourth-order valence-electron chi connectivity index (χ4n) is 3.57. The second-order valence-corrected chi connectivity index (χ2v) is 6.15. The molecule has 24 heavy (non-hydrogen) atoms. The minimum Gasteiger partial charge on any atom is -0.355 e. The summed E-state index contributed by atoms with van der Waals surface area (Å²) in [5, 5.41) is 14.4. The van der Waals surface area contributed by atoms with E-state index in [9.17, 15) is 10.1 Å². The first kappa shape index (κ1) is 14.5. The first-order chi connectivity index (χ1) is 11.6. The van der Waals surface area contributed by atoms with E-state index < -0.39 is 0 Å². The van der Waals surface area contributed by atoms with Crippen molar-refractivity contribution < 1.29 is 4.92 Å². The van der Waals surface area contributed by atoms with Gasteiger partial charge in [0.05, 0.1) is 4.92 Å². The monoisotopic (exact) mass is 316 g/mol. The highest BCUT2D eigenvalue weighted by molar-refractivity contribution is 5.78. The van der Waals surface area contributed by atoms with E-state index in [-0.39, 0.29) is 16.0 Å². The Morgan fingerprint density at radius 1 is 0.833 bits per heavy atom. The normalized spacial score (nSPS) is 14.2. The third-order valence-corrected chi connectivity index (χ3v) is 4.86. The Morgan fingerprint density at radius 3 is 1.83 bits per heavy atom. The van der Waals surface area contributed by atoms with E-state index in [0.717, 1.165) is 28.1 Å². The summed E-state index contributed by atoms with van der Waals surface area (Å²) in [6.45, 7) is 2.17. The molecular weight excluding hydrogens is 300 g/mol. The zero-order chi connectivity index (χ0) is 16.7. The Hall–Kier alpha value is -3.14. The Bertz CT molecular complexity index is 887. The van der Waals surface area contributed by atoms with E-state index in [1.165, 1.54) is 0 Å². The maximum absolute atomic E-state index is 11.0. The Labute approximate surface area is 139 Å². The number of non-ortho nitro benzene ring substituents is 1. The highest BCUT2D eigenvalue weighted by Gasteiger charge is 2.38. The molecule has 1 N–H and O–H groups in total. The summed E-state index contributed by atoms with van der Waals surface area (Å²) in [6, 6.07) is 23.3. The number of nitro groups is 1. The number of nitro benzene ring substituents is 1. The maximum Gasteiger partial charge on any atom is 0.269 e. The summed E-state index contributed by atoms with van der Waals surface area (Å²) in [5.41, 5.74) is 5.24. The molecule has 4 rings (SSSR count). The van der Waals surface area contributed by atoms with Crippen molar-refractivity contribution in [3.63, 3.8) is 0 Å². The van der Waals surface area contributed by atoms with Gasteiger partial charge < -0.3 is 5.32 Å². The van der Waals surface area contributed by atoms with Crippen LogP contribution in [0.4, 0.5) is 17.1 Å². The highest BCUT2D eigenvalue weighted by atomic mass is 16.6. The number of hydrogen-bond donors (Lipinski definition) is 1. The van der Waals surface area contributed by atoms with Crippen LogP contribution in [-0.4, -0.2) is 4.92 Å². The van der Waals surface area contributed by atoms with Gasteiger partial charge in [-0.2, -0.15) is 0 Å². The summed E-state index contributed by atoms with van der Waals surface area (Å²) in [6.07, 6.45) is 0. The summed E-state index contributed by atoms with van der Waals surface area (Å²) >= 11 is 0. The highest BCUT2D eigenvalue weighted by Crippen LogP contribution is 2.49. The van der Waals surface area contributed by atoms with Crippen molar-refractivity contribution in [1.29, 1.82) is 0 Å². The third kappa shape index (κ3) is 2.00. The van der Waals surface area contributed by atoms with Gasteiger partial charge >= 0.3 is 0 Å². The lowest BCUT2D eigenvalue weighted by molar-refractivity contribution is -0.384. The van der Waals surface area contributed by atoms with Crippen molar-refractivity contribution in [1.82, 2.24) is 0 Å². The van der Waals surface area contributed by atoms with Gasteiger partial charge in [0.15, 0.2) is 0 Å². The van der Waals surface area contributed by atoms with E-state index in [4.69, 9.17) is 0 Å². The molecule has 118 valence electrons. The van der Waals surface area contributed by atoms with Crippen LogP contribution < -0.4 is 5.32 Å². The molecule has 0 unspecified atom stereocenters. The Balaban J connectivity index is 1.97. The van der Waals surface area contributed by atoms with Gasteiger partial charge in [-0.15, -0.1) is 0 Å². The molecule has 0 amide bonds. The van der Waals surface area contributed by atoms with E-state index in [1.807, 2.05) is 36.4 Å². The molecule has 0 saturated heterocycles. The molecule has 0 spiro atoms. The van der Waals surface area contributed by atoms with Gasteiger partial charge in [0.25, 0.3) is 5.69 Å². The lowest BCUT2D eigenvalue weighted by Gasteiger charge is -2.39. The number of anilines is 2. The minimum absolute atomic E-state index is 0.109. The van der Waals surface area contributed by atoms with E-state index in [0.29, 0.717) is 0 Å². The molecule has 1 aliphatic heterocycles. The fraction of sp³-hybridized carbons (Fsp3) is 0.100. The maximum atomic E-state index is 11.0. The largest absolute Gasteiger partial charge is 0.355 e. The van der Waals surface area contributed by atoms with Crippen LogP contribution >= 0.6 is 0 Å². The van der Waals surface area contributed by atoms with Crippen LogP contribution in [0.15, 0.2) is 72.8 Å². The molecule has 0 saturated carbocycles. The molecule has 0 bridgehead atoms. The molecule has 1 aliphatic rings. The van der Waals surface area contributed by atoms with Crippen LogP contribution in [0, 0.1) is 10.1 Å². The summed E-state index contributed by atoms with van der Waals surface area (Å²) in [5.74, 6) is 0. The predicted molar refractivity (Wildman–Crippen MR) is 94.8 cm³/mol. The first-order valence-corrected chi connectivity index (χ1v) is 7.81. The molecule has 0 fully saturated rings. The molecule has 3 aromatic rings. The van der Waals surface area contributed by atoms with Crippen molar-refractivity contribution in [2.24, 2.45) is 0 Å². The second kappa shape index (κ2) is 5.20. The quantitative estimate of drug-likeness (QED) is 0.534. The predicted octanol–water partition coefficient (Wildman–Crippen LogP) is 5.01. The summed E-state index contributed by atoms with van der Waals surface area (Å²) in [7, 11) is 0. The average Bonchev–Trinajstić information content (AvgIpc) is 2.62. The smallest absolute Gasteiger partial charge is 0.269 e. The molecule has 0 aromatic heterocycles. The van der Waals surface area contributed by atoms with Crippen molar-refractivity contribution in [2.45, 2.75) is 12.3 Å². The number of nitrogens with one attached hydrogen (secondary N) is 1. The lowest BCUT2D eigenvalue weighted by Crippen LogP contribution is -2.30. The van der Waals surface area contributed by atoms with E-state index >= 15 is 0 Å². The first-order valence-electron chi connectivity index (χ1n) is 7.81. The topological polar surface area (TPSA) is 55.2 Å². The van der Waals surface area contributed by atoms with Crippen LogP contribution in [0.5, 0.6) is 0 Å². The van der Waals surface area contributed by atoms with Gasteiger partial charge in [0, 0.05) is 28.9 Å². The number of hydrogen-bond acceptors (Lipinski definition) is 3. The number of nitrogens with zero attached hydrogens (tertiary/aromatic N) is 1. The molecule has 1 heterocycles. The van der Waals surface area contributed by atoms with E-state index in [2.05, 4.69) is 36.5 Å². The van der Waals surface area contributed by atoms with Crippen LogP contribution in [0.1, 0.15) is 23.6 Å². The minimum atomic E-state index is -0.367. The average molecular weight is 316 g/mol. The number of rotatable bonds is 2. The molecule has 3 aromatic carbocycles. The van der Waals surface area contributed by atoms with Crippen LogP contribution in [0.25, 0.3) is 0 Å². The van der Waals surface area contributed by atoms with Gasteiger partial charge in [-0.25, -0.2) is 0 Å². The van der Waals surface area contributed by atoms with Gasteiger partial charge in [-0.05, 0) is 35.7 Å². The summed E-state index contributed by atoms with van der Waals surface area (Å²) in [4.78, 5) is 10.6. The fourth-order valence-corrected chi connectivity index (χ4v) is 3.57. The standard InChI is InChI=1S/C20H16N2O2/c1-20(14-10-12-15(13-11-14)22(23)24)16-6-2-4-8-18(16)21-19-9-5-3-7-17(19)20/h2-13,21H,1H3. The Morgan fingerprint density at radius 2 is 1.33 bits per heavy atom. The van der Waals surface area contributed by atoms with Crippen LogP contribution in [0.3, 0.4) is 0 Å². The number of fused-ring (bicyclic) bond motifs is 2. The SMILES string of the molecule is CC1(c2ccc([N+](=O)[O-])cc2)c2ccccc2Nc2ccccc21.